The maximum Gasteiger partial charge on any atom is 0.267 e. The summed E-state index contributed by atoms with van der Waals surface area (Å²) in [7, 11) is 0. The predicted molar refractivity (Wildman–Crippen MR) is 58.5 cm³/mol. The van der Waals surface area contributed by atoms with E-state index < -0.39 is 0.564 Å². The highest BCUT2D eigenvalue weighted by Gasteiger charge is 2.18. The molecule has 0 atom stereocenters. The number of rotatable bonds is 1. The summed E-state index contributed by atoms with van der Waals surface area (Å²) in [5.74, 6) is 0. The molecular formula is CH2ClI3Si. The fraction of sp³-hybridized carbons (Fsp3) is 1.00. The first-order valence-electron chi connectivity index (χ1n) is 1.19. The molecule has 0 fully saturated rings. The van der Waals surface area contributed by atoms with Gasteiger partial charge in [0.2, 0.25) is 0 Å². The summed E-state index contributed by atoms with van der Waals surface area (Å²) in [5.41, 5.74) is 0.842. The third-order valence-electron chi connectivity index (χ3n) is 0.152. The number of alkyl halides is 1. The molecule has 0 aliphatic carbocycles. The van der Waals surface area contributed by atoms with Crippen LogP contribution in [0.2, 0.25) is 0 Å². The molecule has 0 aromatic heterocycles. The van der Waals surface area contributed by atoms with Crippen LogP contribution >= 0.6 is 77.0 Å². The van der Waals surface area contributed by atoms with E-state index in [1.165, 1.54) is 0 Å². The lowest BCUT2D eigenvalue weighted by Crippen LogP contribution is -2.06. The van der Waals surface area contributed by atoms with Gasteiger partial charge < -0.3 is 0 Å². The second-order valence-electron chi connectivity index (χ2n) is 0.749. The Bertz CT molecular complexity index is 40.5. The van der Waals surface area contributed by atoms with Gasteiger partial charge in [0.05, 0.1) is 0 Å². The molecule has 0 rings (SSSR count). The van der Waals surface area contributed by atoms with Crippen molar-refractivity contribution in [3.63, 3.8) is 0 Å². The molecule has 0 amide bonds. The van der Waals surface area contributed by atoms with Gasteiger partial charge in [0.1, 0.15) is 0 Å². The normalized spacial score (nSPS) is 12.0. The summed E-state index contributed by atoms with van der Waals surface area (Å²) >= 11 is 12.8. The van der Waals surface area contributed by atoms with Crippen molar-refractivity contribution in [3.8, 4) is 0 Å². The summed E-state index contributed by atoms with van der Waals surface area (Å²) in [4.78, 5) is 0. The fourth-order valence-corrected chi connectivity index (χ4v) is 0. The molecule has 0 N–H and O–H groups in total. The molecule has 5 heteroatoms. The predicted octanol–water partition coefficient (Wildman–Crippen LogP) is 3.01. The molecule has 38 valence electrons. The van der Waals surface area contributed by atoms with Crippen LogP contribution in [0.3, 0.4) is 0 Å². The van der Waals surface area contributed by atoms with E-state index in [2.05, 4.69) is 65.4 Å². The first-order chi connectivity index (χ1) is 2.56. The number of hydrogen-bond donors (Lipinski definition) is 0. The molecule has 0 saturated carbocycles. The van der Waals surface area contributed by atoms with E-state index in [0.29, 0.717) is 0 Å². The largest absolute Gasteiger partial charge is 0.267 e. The number of halogens is 4. The van der Waals surface area contributed by atoms with Crippen molar-refractivity contribution in [1.82, 2.24) is 0 Å². The summed E-state index contributed by atoms with van der Waals surface area (Å²) in [6.07, 6.45) is 0. The molecule has 0 bridgehead atoms. The third-order valence-corrected chi connectivity index (χ3v) is 9.15. The van der Waals surface area contributed by atoms with E-state index >= 15 is 0 Å². The fourth-order valence-electron chi connectivity index (χ4n) is 0. The Labute approximate surface area is 81.4 Å². The van der Waals surface area contributed by atoms with Crippen LogP contribution in [0.1, 0.15) is 0 Å². The molecule has 0 saturated heterocycles. The minimum atomic E-state index is -0.956. The maximum atomic E-state index is 5.52. The van der Waals surface area contributed by atoms with Gasteiger partial charge in [0.15, 0.2) is 0 Å². The van der Waals surface area contributed by atoms with E-state index in [-0.39, 0.29) is 0 Å². The lowest BCUT2D eigenvalue weighted by atomic mass is 11.9. The summed E-state index contributed by atoms with van der Waals surface area (Å²) in [5, 5.41) is 0. The molecule has 0 spiro atoms. The summed E-state index contributed by atoms with van der Waals surface area (Å²) in [6.45, 7) is 0. The van der Waals surface area contributed by atoms with Crippen molar-refractivity contribution in [2.24, 2.45) is 0 Å². The van der Waals surface area contributed by atoms with Crippen LogP contribution in [-0.2, 0) is 0 Å². The summed E-state index contributed by atoms with van der Waals surface area (Å²) < 4.78 is -0.956. The minimum Gasteiger partial charge on any atom is -0.128 e. The van der Waals surface area contributed by atoms with Gasteiger partial charge in [-0.1, -0.05) is 65.4 Å². The van der Waals surface area contributed by atoms with E-state index in [9.17, 15) is 0 Å². The van der Waals surface area contributed by atoms with Gasteiger partial charge in [0, 0.05) is 5.50 Å². The van der Waals surface area contributed by atoms with E-state index in [4.69, 9.17) is 11.6 Å². The van der Waals surface area contributed by atoms with Crippen molar-refractivity contribution in [2.45, 2.75) is 0 Å². The zero-order valence-corrected chi connectivity index (χ0v) is 10.9. The van der Waals surface area contributed by atoms with E-state index in [1.807, 2.05) is 0 Å². The quantitative estimate of drug-likeness (QED) is 0.246. The Morgan fingerprint density at radius 1 is 1.33 bits per heavy atom. The average molecular weight is 458 g/mol. The highest BCUT2D eigenvalue weighted by molar-refractivity contribution is 14.4. The third kappa shape index (κ3) is 6.70. The highest BCUT2D eigenvalue weighted by atomic mass is 127. The van der Waals surface area contributed by atoms with Crippen LogP contribution in [0.4, 0.5) is 0 Å². The van der Waals surface area contributed by atoms with Gasteiger partial charge in [-0.25, -0.2) is 0 Å². The van der Waals surface area contributed by atoms with Gasteiger partial charge in [0.25, 0.3) is 0.564 Å². The van der Waals surface area contributed by atoms with Crippen molar-refractivity contribution in [2.75, 3.05) is 5.50 Å². The van der Waals surface area contributed by atoms with Crippen LogP contribution in [-0.4, -0.2) is 6.07 Å². The van der Waals surface area contributed by atoms with Crippen LogP contribution in [0, 0.1) is 0 Å². The number of hydrogen-bond acceptors (Lipinski definition) is 0. The standard InChI is InChI=1S/CH2ClI3Si/c2-1-6(3,4)5/h1H2. The highest BCUT2D eigenvalue weighted by Crippen LogP contribution is 2.29. The SMILES string of the molecule is ClC[Si](I)(I)I. The Kier molecular flexibility index (Phi) is 5.32. The molecule has 0 heterocycles. The minimum absolute atomic E-state index is 0.842. The second-order valence-corrected chi connectivity index (χ2v) is 38.2. The van der Waals surface area contributed by atoms with Crippen molar-refractivity contribution >= 4 is 77.6 Å². The lowest BCUT2D eigenvalue weighted by molar-refractivity contribution is 2.18. The molecular weight excluding hydrogens is 456 g/mol. The molecule has 0 radical (unpaired) electrons. The zero-order valence-electron chi connectivity index (χ0n) is 2.72. The average Bonchev–Trinajstić information content (AvgIpc) is 1.35. The van der Waals surface area contributed by atoms with Crippen molar-refractivity contribution < 1.29 is 0 Å². The molecule has 6 heavy (non-hydrogen) atoms. The Morgan fingerprint density at radius 3 is 1.50 bits per heavy atom. The molecule has 0 aromatic rings. The molecule has 0 aliphatic heterocycles. The first-order valence-corrected chi connectivity index (χ1v) is 13.3. The monoisotopic (exact) mass is 458 g/mol. The van der Waals surface area contributed by atoms with E-state index in [0.717, 1.165) is 5.50 Å². The molecule has 0 unspecified atom stereocenters. The second kappa shape index (κ2) is 3.67. The van der Waals surface area contributed by atoms with E-state index in [1.54, 1.807) is 0 Å². The van der Waals surface area contributed by atoms with Crippen LogP contribution < -0.4 is 0 Å². The van der Waals surface area contributed by atoms with Crippen molar-refractivity contribution in [3.05, 3.63) is 0 Å². The molecule has 0 aromatic carbocycles. The summed E-state index contributed by atoms with van der Waals surface area (Å²) in [6, 6.07) is 0. The Hall–Kier alpha value is 2.70. The van der Waals surface area contributed by atoms with Gasteiger partial charge in [-0.15, -0.1) is 11.6 Å². The van der Waals surface area contributed by atoms with Crippen molar-refractivity contribution in [1.29, 1.82) is 0 Å². The van der Waals surface area contributed by atoms with Crippen LogP contribution in [0.25, 0.3) is 0 Å². The topological polar surface area (TPSA) is 0 Å². The van der Waals surface area contributed by atoms with Gasteiger partial charge in [-0.2, -0.15) is 0 Å². The van der Waals surface area contributed by atoms with Gasteiger partial charge >= 0.3 is 0 Å². The van der Waals surface area contributed by atoms with Gasteiger partial charge in [-0.05, 0) is 0 Å². The zero-order chi connectivity index (χ0) is 5.21. The smallest absolute Gasteiger partial charge is 0.128 e. The van der Waals surface area contributed by atoms with Gasteiger partial charge in [-0.3, -0.25) is 0 Å². The Morgan fingerprint density at radius 2 is 1.50 bits per heavy atom. The lowest BCUT2D eigenvalue weighted by Gasteiger charge is -1.98. The maximum absolute atomic E-state index is 5.52. The van der Waals surface area contributed by atoms with Crippen LogP contribution in [0.15, 0.2) is 0 Å². The Balaban J connectivity index is 3.17. The molecule has 0 aliphatic rings. The molecule has 0 nitrogen and oxygen atoms in total. The first kappa shape index (κ1) is 8.70. The van der Waals surface area contributed by atoms with Crippen LogP contribution in [0.5, 0.6) is 0 Å².